The predicted octanol–water partition coefficient (Wildman–Crippen LogP) is 1.74. The number of nitrogens with two attached hydrogens (primary N) is 1. The summed E-state index contributed by atoms with van der Waals surface area (Å²) < 4.78 is 22.7. The van der Waals surface area contributed by atoms with E-state index in [2.05, 4.69) is 10.3 Å². The van der Waals surface area contributed by atoms with Crippen molar-refractivity contribution in [3.05, 3.63) is 34.8 Å². The number of nitrogens with zero attached hydrogens (tertiary/aromatic N) is 1. The van der Waals surface area contributed by atoms with E-state index < -0.39 is 9.84 Å². The summed E-state index contributed by atoms with van der Waals surface area (Å²) in [5.74, 6) is 0. The highest BCUT2D eigenvalue weighted by atomic mass is 32.2. The molecular weight excluding hydrogens is 270 g/mol. The van der Waals surface area contributed by atoms with Crippen LogP contribution in [0.25, 0.3) is 0 Å². The lowest BCUT2D eigenvalue weighted by Crippen LogP contribution is -2.04. The van der Waals surface area contributed by atoms with Crippen LogP contribution in [0.2, 0.25) is 0 Å². The van der Waals surface area contributed by atoms with Crippen molar-refractivity contribution in [1.29, 1.82) is 0 Å². The van der Waals surface area contributed by atoms with Crippen molar-refractivity contribution in [2.75, 3.05) is 17.3 Å². The third kappa shape index (κ3) is 2.99. The zero-order valence-electron chi connectivity index (χ0n) is 9.75. The van der Waals surface area contributed by atoms with E-state index in [1.807, 2.05) is 0 Å². The molecule has 0 aliphatic heterocycles. The van der Waals surface area contributed by atoms with Crippen LogP contribution >= 0.6 is 11.3 Å². The van der Waals surface area contributed by atoms with Gasteiger partial charge in [-0.1, -0.05) is 0 Å². The molecule has 1 aromatic carbocycles. The fourth-order valence-corrected chi connectivity index (χ4v) is 2.63. The lowest BCUT2D eigenvalue weighted by atomic mass is 10.2. The molecule has 0 saturated heterocycles. The maximum Gasteiger partial charge on any atom is 0.175 e. The normalized spacial score (nSPS) is 11.4. The zero-order valence-corrected chi connectivity index (χ0v) is 11.4. The topological polar surface area (TPSA) is 85.1 Å². The molecule has 1 heterocycles. The number of benzene rings is 1. The van der Waals surface area contributed by atoms with E-state index in [9.17, 15) is 8.42 Å². The Hall–Kier alpha value is -1.60. The van der Waals surface area contributed by atoms with Crippen molar-refractivity contribution in [2.45, 2.75) is 11.4 Å². The molecule has 0 aliphatic carbocycles. The molecule has 18 heavy (non-hydrogen) atoms. The minimum atomic E-state index is -3.22. The molecule has 3 N–H and O–H groups in total. The van der Waals surface area contributed by atoms with Gasteiger partial charge in [0.2, 0.25) is 0 Å². The van der Waals surface area contributed by atoms with E-state index in [1.165, 1.54) is 6.07 Å². The van der Waals surface area contributed by atoms with Crippen molar-refractivity contribution >= 4 is 32.5 Å². The van der Waals surface area contributed by atoms with Gasteiger partial charge in [0.15, 0.2) is 9.84 Å². The highest BCUT2D eigenvalue weighted by molar-refractivity contribution is 7.90. The van der Waals surface area contributed by atoms with Crippen LogP contribution in [0.15, 0.2) is 34.8 Å². The monoisotopic (exact) mass is 283 g/mol. The Bertz CT molecular complexity index is 636. The van der Waals surface area contributed by atoms with Gasteiger partial charge in [0.25, 0.3) is 0 Å². The highest BCUT2D eigenvalue weighted by Gasteiger charge is 2.09. The largest absolute Gasteiger partial charge is 0.397 e. The Morgan fingerprint density at radius 3 is 2.78 bits per heavy atom. The second-order valence-corrected chi connectivity index (χ2v) is 6.83. The third-order valence-electron chi connectivity index (χ3n) is 2.39. The first-order valence-electron chi connectivity index (χ1n) is 5.17. The fraction of sp³-hybridized carbons (Fsp3) is 0.182. The average Bonchev–Trinajstić information content (AvgIpc) is 2.79. The lowest BCUT2D eigenvalue weighted by molar-refractivity contribution is 0.602. The minimum absolute atomic E-state index is 0.225. The zero-order chi connectivity index (χ0) is 13.2. The van der Waals surface area contributed by atoms with Gasteiger partial charge in [0, 0.05) is 17.3 Å². The van der Waals surface area contributed by atoms with Gasteiger partial charge in [-0.05, 0) is 18.2 Å². The summed E-state index contributed by atoms with van der Waals surface area (Å²) in [6, 6.07) is 4.68. The second kappa shape index (κ2) is 4.95. The van der Waals surface area contributed by atoms with Gasteiger partial charge in [-0.2, -0.15) is 0 Å². The van der Waals surface area contributed by atoms with Crippen molar-refractivity contribution in [2.24, 2.45) is 0 Å². The molecule has 0 spiro atoms. The summed E-state index contributed by atoms with van der Waals surface area (Å²) in [7, 11) is -3.22. The van der Waals surface area contributed by atoms with Gasteiger partial charge in [-0.15, -0.1) is 11.3 Å². The molecule has 0 radical (unpaired) electrons. The molecular formula is C11H13N3O2S2. The van der Waals surface area contributed by atoms with Gasteiger partial charge in [-0.25, -0.2) is 8.42 Å². The average molecular weight is 283 g/mol. The van der Waals surface area contributed by atoms with E-state index in [0.29, 0.717) is 12.2 Å². The Balaban J connectivity index is 2.15. The Morgan fingerprint density at radius 2 is 2.22 bits per heavy atom. The summed E-state index contributed by atoms with van der Waals surface area (Å²) >= 11 is 1.55. The van der Waals surface area contributed by atoms with Crippen LogP contribution in [-0.2, 0) is 16.4 Å². The molecule has 7 heteroatoms. The van der Waals surface area contributed by atoms with Gasteiger partial charge in [0.1, 0.15) is 0 Å². The SMILES string of the molecule is CS(=O)(=O)c1ccc(NCc2cncs2)c(N)c1. The van der Waals surface area contributed by atoms with Crippen LogP contribution in [0.1, 0.15) is 4.88 Å². The van der Waals surface area contributed by atoms with E-state index >= 15 is 0 Å². The van der Waals surface area contributed by atoms with Crippen LogP contribution in [0.4, 0.5) is 11.4 Å². The van der Waals surface area contributed by atoms with Crippen LogP contribution in [0.5, 0.6) is 0 Å². The van der Waals surface area contributed by atoms with Gasteiger partial charge >= 0.3 is 0 Å². The van der Waals surface area contributed by atoms with Crippen LogP contribution in [-0.4, -0.2) is 19.7 Å². The minimum Gasteiger partial charge on any atom is -0.397 e. The first kappa shape index (κ1) is 12.8. The Morgan fingerprint density at radius 1 is 1.44 bits per heavy atom. The third-order valence-corrected chi connectivity index (χ3v) is 4.28. The summed E-state index contributed by atoms with van der Waals surface area (Å²) in [5.41, 5.74) is 8.71. The predicted molar refractivity (Wildman–Crippen MR) is 73.4 cm³/mol. The Kier molecular flexibility index (Phi) is 3.53. The van der Waals surface area contributed by atoms with E-state index in [0.717, 1.165) is 16.8 Å². The van der Waals surface area contributed by atoms with Crippen molar-refractivity contribution in [3.63, 3.8) is 0 Å². The number of nitrogen functional groups attached to an aromatic ring is 1. The van der Waals surface area contributed by atoms with Crippen LogP contribution in [0, 0.1) is 0 Å². The molecule has 0 bridgehead atoms. The second-order valence-electron chi connectivity index (χ2n) is 3.84. The number of aromatic nitrogens is 1. The maximum atomic E-state index is 11.4. The first-order chi connectivity index (χ1) is 8.47. The summed E-state index contributed by atoms with van der Waals surface area (Å²) in [6.07, 6.45) is 2.94. The number of thiazole rings is 1. The van der Waals surface area contributed by atoms with Crippen LogP contribution in [0.3, 0.4) is 0 Å². The van der Waals surface area contributed by atoms with E-state index in [-0.39, 0.29) is 4.90 Å². The number of anilines is 2. The maximum absolute atomic E-state index is 11.4. The van der Waals surface area contributed by atoms with Crippen LogP contribution < -0.4 is 11.1 Å². The molecule has 0 fully saturated rings. The molecule has 0 atom stereocenters. The molecule has 0 unspecified atom stereocenters. The molecule has 2 rings (SSSR count). The highest BCUT2D eigenvalue weighted by Crippen LogP contribution is 2.23. The van der Waals surface area contributed by atoms with Crippen molar-refractivity contribution < 1.29 is 8.42 Å². The Labute approximate surface area is 110 Å². The number of hydrogen-bond acceptors (Lipinski definition) is 6. The van der Waals surface area contributed by atoms with E-state index in [4.69, 9.17) is 5.73 Å². The molecule has 0 aliphatic rings. The number of rotatable bonds is 4. The molecule has 0 saturated carbocycles. The molecule has 5 nitrogen and oxygen atoms in total. The van der Waals surface area contributed by atoms with Crippen molar-refractivity contribution in [3.8, 4) is 0 Å². The quantitative estimate of drug-likeness (QED) is 0.835. The first-order valence-corrected chi connectivity index (χ1v) is 7.95. The number of hydrogen-bond donors (Lipinski definition) is 2. The molecule has 1 aromatic heterocycles. The smallest absolute Gasteiger partial charge is 0.175 e. The molecule has 2 aromatic rings. The number of sulfone groups is 1. The van der Waals surface area contributed by atoms with E-state index in [1.54, 1.807) is 35.2 Å². The summed E-state index contributed by atoms with van der Waals surface area (Å²) in [6.45, 7) is 0.618. The summed E-state index contributed by atoms with van der Waals surface area (Å²) in [4.78, 5) is 5.28. The van der Waals surface area contributed by atoms with Gasteiger partial charge < -0.3 is 11.1 Å². The fourth-order valence-electron chi connectivity index (χ4n) is 1.44. The standard InChI is InChI=1S/C11H13N3O2S2/c1-18(15,16)9-2-3-11(10(12)4-9)14-6-8-5-13-7-17-8/h2-5,7,14H,6,12H2,1H3. The molecule has 0 amide bonds. The molecule has 96 valence electrons. The van der Waals surface area contributed by atoms with Crippen molar-refractivity contribution in [1.82, 2.24) is 4.98 Å². The lowest BCUT2D eigenvalue weighted by Gasteiger charge is -2.09. The number of nitrogens with one attached hydrogen (secondary N) is 1. The summed E-state index contributed by atoms with van der Waals surface area (Å²) in [5, 5.41) is 3.14. The van der Waals surface area contributed by atoms with Gasteiger partial charge in [0.05, 0.1) is 28.3 Å². The van der Waals surface area contributed by atoms with Gasteiger partial charge in [-0.3, -0.25) is 4.98 Å².